The molecule has 6 nitrogen and oxygen atoms in total. The summed E-state index contributed by atoms with van der Waals surface area (Å²) in [6, 6.07) is 6.91. The summed E-state index contributed by atoms with van der Waals surface area (Å²) in [6.07, 6.45) is 1.43. The zero-order valence-corrected chi connectivity index (χ0v) is 11.9. The highest BCUT2D eigenvalue weighted by atomic mass is 16.5. The van der Waals surface area contributed by atoms with Gasteiger partial charge in [0.25, 0.3) is 5.91 Å². The maximum atomic E-state index is 12.0. The van der Waals surface area contributed by atoms with E-state index in [0.29, 0.717) is 11.5 Å². The Labute approximate surface area is 123 Å². The number of carbonyl (C=O) groups is 2. The van der Waals surface area contributed by atoms with Gasteiger partial charge in [0.15, 0.2) is 6.61 Å². The number of ether oxygens (including phenoxy) is 2. The number of benzene rings is 1. The Kier molecular flexibility index (Phi) is 6.80. The van der Waals surface area contributed by atoms with Crippen molar-refractivity contribution in [3.05, 3.63) is 36.9 Å². The van der Waals surface area contributed by atoms with Gasteiger partial charge >= 0.3 is 5.97 Å². The smallest absolute Gasteiger partial charge is 0.305 e. The molecular weight excluding hydrogens is 274 g/mol. The van der Waals surface area contributed by atoms with Gasteiger partial charge in [-0.1, -0.05) is 12.1 Å². The molecule has 0 unspecified atom stereocenters. The van der Waals surface area contributed by atoms with Crippen LogP contribution in [-0.2, 0) is 9.59 Å². The fourth-order valence-corrected chi connectivity index (χ4v) is 1.63. The standard InChI is InChI=1S/C15H19NO5/c1-3-8-16(9-7-15(18)19)14(17)11-21-13-6-4-5-12(10-13)20-2/h3-6,10H,1,7-9,11H2,2H3,(H,18,19). The quantitative estimate of drug-likeness (QED) is 0.699. The summed E-state index contributed by atoms with van der Waals surface area (Å²) in [7, 11) is 1.54. The molecule has 0 saturated heterocycles. The lowest BCUT2D eigenvalue weighted by Crippen LogP contribution is -2.36. The van der Waals surface area contributed by atoms with Crippen LogP contribution in [0.1, 0.15) is 6.42 Å². The first kappa shape index (κ1) is 16.6. The number of nitrogens with zero attached hydrogens (tertiary/aromatic N) is 1. The highest BCUT2D eigenvalue weighted by Crippen LogP contribution is 2.18. The molecule has 0 aliphatic heterocycles. The lowest BCUT2D eigenvalue weighted by Gasteiger charge is -2.20. The van der Waals surface area contributed by atoms with E-state index in [9.17, 15) is 9.59 Å². The van der Waals surface area contributed by atoms with Gasteiger partial charge in [0.05, 0.1) is 13.5 Å². The number of carbonyl (C=O) groups excluding carboxylic acids is 1. The van der Waals surface area contributed by atoms with Crippen LogP contribution in [0.2, 0.25) is 0 Å². The molecule has 1 amide bonds. The normalized spacial score (nSPS) is 9.76. The first-order chi connectivity index (χ1) is 10.1. The van der Waals surface area contributed by atoms with Gasteiger partial charge < -0.3 is 19.5 Å². The average molecular weight is 293 g/mol. The summed E-state index contributed by atoms with van der Waals surface area (Å²) in [5, 5.41) is 8.67. The molecule has 1 N–H and O–H groups in total. The summed E-state index contributed by atoms with van der Waals surface area (Å²) in [4.78, 5) is 24.0. The number of hydrogen-bond donors (Lipinski definition) is 1. The van der Waals surface area contributed by atoms with Crippen molar-refractivity contribution in [1.82, 2.24) is 4.90 Å². The largest absolute Gasteiger partial charge is 0.497 e. The van der Waals surface area contributed by atoms with Crippen molar-refractivity contribution in [1.29, 1.82) is 0 Å². The Morgan fingerprint density at radius 2 is 2.10 bits per heavy atom. The molecule has 0 aromatic heterocycles. The molecule has 114 valence electrons. The molecule has 0 aliphatic carbocycles. The molecule has 0 saturated carbocycles. The van der Waals surface area contributed by atoms with Gasteiger partial charge in [-0.15, -0.1) is 6.58 Å². The van der Waals surface area contributed by atoms with E-state index in [-0.39, 0.29) is 32.0 Å². The van der Waals surface area contributed by atoms with E-state index in [2.05, 4.69) is 6.58 Å². The molecule has 0 bridgehead atoms. The monoisotopic (exact) mass is 293 g/mol. The highest BCUT2D eigenvalue weighted by molar-refractivity contribution is 5.78. The van der Waals surface area contributed by atoms with Crippen LogP contribution in [0.15, 0.2) is 36.9 Å². The number of carboxylic acid groups (broad SMARTS) is 1. The van der Waals surface area contributed by atoms with E-state index in [4.69, 9.17) is 14.6 Å². The summed E-state index contributed by atoms with van der Waals surface area (Å²) < 4.78 is 10.5. The maximum absolute atomic E-state index is 12.0. The molecule has 0 heterocycles. The van der Waals surface area contributed by atoms with E-state index in [1.807, 2.05) is 0 Å². The van der Waals surface area contributed by atoms with Crippen LogP contribution in [0.25, 0.3) is 0 Å². The predicted molar refractivity (Wildman–Crippen MR) is 77.5 cm³/mol. The lowest BCUT2D eigenvalue weighted by molar-refractivity contribution is -0.138. The van der Waals surface area contributed by atoms with Gasteiger partial charge in [-0.2, -0.15) is 0 Å². The SMILES string of the molecule is C=CCN(CCC(=O)O)C(=O)COc1cccc(OC)c1. The Morgan fingerprint density at radius 3 is 2.71 bits per heavy atom. The fraction of sp³-hybridized carbons (Fsp3) is 0.333. The van der Waals surface area contributed by atoms with Crippen molar-refractivity contribution in [2.45, 2.75) is 6.42 Å². The number of rotatable bonds is 9. The average Bonchev–Trinajstić information content (AvgIpc) is 2.49. The first-order valence-corrected chi connectivity index (χ1v) is 6.44. The summed E-state index contributed by atoms with van der Waals surface area (Å²) in [5.74, 6) is -0.0993. The molecule has 0 spiro atoms. The van der Waals surface area contributed by atoms with Gasteiger partial charge in [0.1, 0.15) is 11.5 Å². The van der Waals surface area contributed by atoms with Gasteiger partial charge in [0, 0.05) is 19.2 Å². The topological polar surface area (TPSA) is 76.1 Å². The minimum atomic E-state index is -0.953. The number of amides is 1. The van der Waals surface area contributed by atoms with Crippen LogP contribution < -0.4 is 9.47 Å². The van der Waals surface area contributed by atoms with Crippen molar-refractivity contribution >= 4 is 11.9 Å². The number of methoxy groups -OCH3 is 1. The summed E-state index contributed by atoms with van der Waals surface area (Å²) in [5.41, 5.74) is 0. The third kappa shape index (κ3) is 5.99. The Bertz CT molecular complexity index is 501. The maximum Gasteiger partial charge on any atom is 0.305 e. The van der Waals surface area contributed by atoms with E-state index in [0.717, 1.165) is 0 Å². The van der Waals surface area contributed by atoms with E-state index < -0.39 is 5.97 Å². The van der Waals surface area contributed by atoms with Crippen LogP contribution in [0, 0.1) is 0 Å². The second-order valence-corrected chi connectivity index (χ2v) is 4.24. The molecule has 21 heavy (non-hydrogen) atoms. The minimum absolute atomic E-state index is 0.112. The molecule has 1 aromatic rings. The lowest BCUT2D eigenvalue weighted by atomic mass is 10.3. The number of carboxylic acids is 1. The fourth-order valence-electron chi connectivity index (χ4n) is 1.63. The second kappa shape index (κ2) is 8.63. The van der Waals surface area contributed by atoms with Gasteiger partial charge in [0.2, 0.25) is 0 Å². The van der Waals surface area contributed by atoms with Crippen molar-refractivity contribution in [3.63, 3.8) is 0 Å². The molecule has 0 atom stereocenters. The molecule has 1 rings (SSSR count). The zero-order chi connectivity index (χ0) is 15.7. The van der Waals surface area contributed by atoms with E-state index >= 15 is 0 Å². The van der Waals surface area contributed by atoms with Crippen LogP contribution >= 0.6 is 0 Å². The molecule has 0 radical (unpaired) electrons. The second-order valence-electron chi connectivity index (χ2n) is 4.24. The van der Waals surface area contributed by atoms with Crippen molar-refractivity contribution in [3.8, 4) is 11.5 Å². The first-order valence-electron chi connectivity index (χ1n) is 6.44. The minimum Gasteiger partial charge on any atom is -0.497 e. The van der Waals surface area contributed by atoms with Gasteiger partial charge in [-0.3, -0.25) is 9.59 Å². The number of hydrogen-bond acceptors (Lipinski definition) is 4. The summed E-state index contributed by atoms with van der Waals surface area (Å²) in [6.45, 7) is 3.80. The zero-order valence-electron chi connectivity index (χ0n) is 11.9. The molecule has 0 aliphatic rings. The Morgan fingerprint density at radius 1 is 1.38 bits per heavy atom. The third-order valence-electron chi connectivity index (χ3n) is 2.70. The van der Waals surface area contributed by atoms with Gasteiger partial charge in [-0.25, -0.2) is 0 Å². The van der Waals surface area contributed by atoms with Gasteiger partial charge in [-0.05, 0) is 12.1 Å². The Hall–Kier alpha value is -2.50. The molecule has 6 heteroatoms. The third-order valence-corrected chi connectivity index (χ3v) is 2.70. The van der Waals surface area contributed by atoms with E-state index in [1.165, 1.54) is 4.90 Å². The van der Waals surface area contributed by atoms with Crippen molar-refractivity contribution in [2.75, 3.05) is 26.8 Å². The number of aliphatic carboxylic acids is 1. The van der Waals surface area contributed by atoms with Crippen LogP contribution in [0.5, 0.6) is 11.5 Å². The van der Waals surface area contributed by atoms with E-state index in [1.54, 1.807) is 37.5 Å². The molecular formula is C15H19NO5. The predicted octanol–water partition coefficient (Wildman–Crippen LogP) is 1.56. The molecule has 0 fully saturated rings. The molecule has 1 aromatic carbocycles. The van der Waals surface area contributed by atoms with Crippen LogP contribution in [0.4, 0.5) is 0 Å². The van der Waals surface area contributed by atoms with Crippen molar-refractivity contribution < 1.29 is 24.2 Å². The Balaban J connectivity index is 2.55. The van der Waals surface area contributed by atoms with Crippen LogP contribution in [0.3, 0.4) is 0 Å². The van der Waals surface area contributed by atoms with Crippen molar-refractivity contribution in [2.24, 2.45) is 0 Å². The summed E-state index contributed by atoms with van der Waals surface area (Å²) >= 11 is 0. The highest BCUT2D eigenvalue weighted by Gasteiger charge is 2.14. The van der Waals surface area contributed by atoms with Crippen LogP contribution in [-0.4, -0.2) is 48.7 Å².